The van der Waals surface area contributed by atoms with E-state index in [1.807, 2.05) is 13.8 Å². The van der Waals surface area contributed by atoms with E-state index in [9.17, 15) is 4.39 Å². The third-order valence-corrected chi connectivity index (χ3v) is 2.75. The molecule has 1 heterocycles. The Morgan fingerprint density at radius 3 is 2.76 bits per heavy atom. The first-order chi connectivity index (χ1) is 10.1. The lowest BCUT2D eigenvalue weighted by atomic mass is 10.1. The highest BCUT2D eigenvalue weighted by Gasteiger charge is 2.08. The first kappa shape index (κ1) is 15.2. The molecule has 1 aromatic heterocycles. The number of nitrogens with zero attached hydrogens (tertiary/aromatic N) is 1. The molecule has 0 unspecified atom stereocenters. The van der Waals surface area contributed by atoms with Crippen molar-refractivity contribution in [1.82, 2.24) is 10.7 Å². The van der Waals surface area contributed by atoms with Gasteiger partial charge < -0.3 is 9.73 Å². The third kappa shape index (κ3) is 4.39. The van der Waals surface area contributed by atoms with Crippen molar-refractivity contribution in [1.29, 1.82) is 0 Å². The molecule has 0 amide bonds. The summed E-state index contributed by atoms with van der Waals surface area (Å²) in [4.78, 5) is 0. The lowest BCUT2D eigenvalue weighted by Gasteiger charge is -2.08. The van der Waals surface area contributed by atoms with Gasteiger partial charge in [-0.25, -0.2) is 4.39 Å². The van der Waals surface area contributed by atoms with Crippen molar-refractivity contribution in [3.63, 3.8) is 0 Å². The minimum absolute atomic E-state index is 0.233. The number of hydrogen-bond acceptors (Lipinski definition) is 3. The maximum atomic E-state index is 13.6. The minimum atomic E-state index is -0.323. The predicted molar refractivity (Wildman–Crippen MR) is 85.7 cm³/mol. The van der Waals surface area contributed by atoms with Crippen molar-refractivity contribution in [3.05, 3.63) is 48.0 Å². The number of rotatable bonds is 4. The average Bonchev–Trinajstić information content (AvgIpc) is 2.87. The molecule has 0 radical (unpaired) electrons. The van der Waals surface area contributed by atoms with E-state index in [2.05, 4.69) is 15.8 Å². The van der Waals surface area contributed by atoms with E-state index in [1.165, 1.54) is 12.3 Å². The van der Waals surface area contributed by atoms with Crippen LogP contribution in [0.25, 0.3) is 11.3 Å². The first-order valence-electron chi connectivity index (χ1n) is 6.50. The van der Waals surface area contributed by atoms with Gasteiger partial charge in [-0.1, -0.05) is 12.1 Å². The van der Waals surface area contributed by atoms with Gasteiger partial charge >= 0.3 is 0 Å². The number of benzene rings is 1. The zero-order chi connectivity index (χ0) is 15.2. The van der Waals surface area contributed by atoms with Crippen LogP contribution in [0.1, 0.15) is 19.6 Å². The van der Waals surface area contributed by atoms with Crippen LogP contribution >= 0.6 is 12.2 Å². The molecule has 0 aliphatic heterocycles. The topological polar surface area (TPSA) is 49.6 Å². The van der Waals surface area contributed by atoms with Crippen LogP contribution in [0, 0.1) is 5.82 Å². The van der Waals surface area contributed by atoms with Crippen LogP contribution in [0.15, 0.2) is 45.9 Å². The summed E-state index contributed by atoms with van der Waals surface area (Å²) < 4.78 is 19.2. The van der Waals surface area contributed by atoms with Gasteiger partial charge in [0, 0.05) is 6.04 Å². The molecule has 110 valence electrons. The van der Waals surface area contributed by atoms with Crippen molar-refractivity contribution >= 4 is 23.5 Å². The standard InChI is InChI=1S/C15H16FN3OS/c1-10(2)18-15(21)19-17-9-11-7-8-14(20-11)12-5-3-4-6-13(12)16/h3-10H,1-2H3,(H2,18,19,21)/b17-9-. The number of furan rings is 1. The van der Waals surface area contributed by atoms with E-state index < -0.39 is 0 Å². The molecule has 0 saturated carbocycles. The molecule has 6 heteroatoms. The Balaban J connectivity index is 2.01. The highest BCUT2D eigenvalue weighted by Crippen LogP contribution is 2.24. The summed E-state index contributed by atoms with van der Waals surface area (Å²) in [6.07, 6.45) is 1.48. The molecule has 0 atom stereocenters. The van der Waals surface area contributed by atoms with E-state index in [0.29, 0.717) is 22.2 Å². The fourth-order valence-corrected chi connectivity index (χ4v) is 1.97. The number of nitrogens with one attached hydrogen (secondary N) is 2. The summed E-state index contributed by atoms with van der Waals surface area (Å²) in [5, 5.41) is 7.38. The van der Waals surface area contributed by atoms with Crippen LogP contribution in [0.5, 0.6) is 0 Å². The maximum Gasteiger partial charge on any atom is 0.187 e. The van der Waals surface area contributed by atoms with Crippen LogP contribution < -0.4 is 10.7 Å². The Morgan fingerprint density at radius 1 is 1.29 bits per heavy atom. The molecule has 1 aromatic carbocycles. The summed E-state index contributed by atoms with van der Waals surface area (Å²) in [6, 6.07) is 10.1. The molecular weight excluding hydrogens is 289 g/mol. The van der Waals surface area contributed by atoms with E-state index >= 15 is 0 Å². The van der Waals surface area contributed by atoms with Gasteiger partial charge in [0.15, 0.2) is 5.11 Å². The Labute approximate surface area is 128 Å². The summed E-state index contributed by atoms with van der Waals surface area (Å²) in [7, 11) is 0. The SMILES string of the molecule is CC(C)NC(=S)N/N=C\c1ccc(-c2ccccc2F)o1. The predicted octanol–water partition coefficient (Wildman–Crippen LogP) is 3.29. The second-order valence-corrected chi connectivity index (χ2v) is 5.09. The van der Waals surface area contributed by atoms with Gasteiger partial charge in [-0.2, -0.15) is 5.10 Å². The second kappa shape index (κ2) is 6.99. The lowest BCUT2D eigenvalue weighted by molar-refractivity contribution is 0.563. The first-order valence-corrected chi connectivity index (χ1v) is 6.91. The maximum absolute atomic E-state index is 13.6. The molecule has 0 saturated heterocycles. The highest BCUT2D eigenvalue weighted by molar-refractivity contribution is 7.80. The van der Waals surface area contributed by atoms with Crippen molar-refractivity contribution in [2.75, 3.05) is 0 Å². The van der Waals surface area contributed by atoms with Crippen LogP contribution in [-0.4, -0.2) is 17.4 Å². The zero-order valence-electron chi connectivity index (χ0n) is 11.8. The molecule has 0 spiro atoms. The van der Waals surface area contributed by atoms with Gasteiger partial charge in [-0.3, -0.25) is 5.43 Å². The molecule has 2 N–H and O–H groups in total. The lowest BCUT2D eigenvalue weighted by Crippen LogP contribution is -2.36. The summed E-state index contributed by atoms with van der Waals surface area (Å²) in [6.45, 7) is 3.95. The van der Waals surface area contributed by atoms with Gasteiger partial charge in [0.05, 0.1) is 11.8 Å². The quantitative estimate of drug-likeness (QED) is 0.517. The van der Waals surface area contributed by atoms with Crippen LogP contribution in [0.3, 0.4) is 0 Å². The summed E-state index contributed by atoms with van der Waals surface area (Å²) >= 11 is 5.03. The van der Waals surface area contributed by atoms with Crippen molar-refractivity contribution in [2.24, 2.45) is 5.10 Å². The fraction of sp³-hybridized carbons (Fsp3) is 0.200. The van der Waals surface area contributed by atoms with Gasteiger partial charge in [0.1, 0.15) is 17.3 Å². The van der Waals surface area contributed by atoms with Gasteiger partial charge in [0.25, 0.3) is 0 Å². The molecule has 2 rings (SSSR count). The number of hydrazone groups is 1. The summed E-state index contributed by atoms with van der Waals surface area (Å²) in [5.41, 5.74) is 3.10. The van der Waals surface area contributed by atoms with Gasteiger partial charge in [-0.05, 0) is 50.3 Å². The van der Waals surface area contributed by atoms with Crippen LogP contribution in [0.2, 0.25) is 0 Å². The Morgan fingerprint density at radius 2 is 2.05 bits per heavy atom. The zero-order valence-corrected chi connectivity index (χ0v) is 12.6. The Kier molecular flexibility index (Phi) is 5.05. The molecule has 0 aliphatic rings. The van der Waals surface area contributed by atoms with Gasteiger partial charge in [0.2, 0.25) is 0 Å². The van der Waals surface area contributed by atoms with Crippen molar-refractivity contribution < 1.29 is 8.81 Å². The molecule has 0 fully saturated rings. The molecule has 21 heavy (non-hydrogen) atoms. The largest absolute Gasteiger partial charge is 0.455 e. The average molecular weight is 305 g/mol. The van der Waals surface area contributed by atoms with Gasteiger partial charge in [-0.15, -0.1) is 0 Å². The van der Waals surface area contributed by atoms with E-state index in [4.69, 9.17) is 16.6 Å². The van der Waals surface area contributed by atoms with E-state index in [0.717, 1.165) is 0 Å². The van der Waals surface area contributed by atoms with Crippen molar-refractivity contribution in [2.45, 2.75) is 19.9 Å². The number of hydrogen-bond donors (Lipinski definition) is 2. The second-order valence-electron chi connectivity index (χ2n) is 4.68. The Hall–Kier alpha value is -2.21. The highest BCUT2D eigenvalue weighted by atomic mass is 32.1. The minimum Gasteiger partial charge on any atom is -0.455 e. The molecule has 4 nitrogen and oxygen atoms in total. The molecule has 0 aliphatic carbocycles. The number of halogens is 1. The Bertz CT molecular complexity index is 652. The third-order valence-electron chi connectivity index (χ3n) is 2.54. The van der Waals surface area contributed by atoms with E-state index in [1.54, 1.807) is 30.3 Å². The smallest absolute Gasteiger partial charge is 0.187 e. The van der Waals surface area contributed by atoms with Crippen LogP contribution in [-0.2, 0) is 0 Å². The normalized spacial score (nSPS) is 11.0. The molecule has 2 aromatic rings. The fourth-order valence-electron chi connectivity index (χ4n) is 1.68. The van der Waals surface area contributed by atoms with Crippen molar-refractivity contribution in [3.8, 4) is 11.3 Å². The monoisotopic (exact) mass is 305 g/mol. The molecular formula is C15H16FN3OS. The van der Waals surface area contributed by atoms with Crippen LogP contribution in [0.4, 0.5) is 4.39 Å². The molecule has 0 bridgehead atoms. The number of thiocarbonyl (C=S) groups is 1. The summed E-state index contributed by atoms with van der Waals surface area (Å²) in [5.74, 6) is 0.640. The van der Waals surface area contributed by atoms with E-state index in [-0.39, 0.29) is 11.9 Å².